The van der Waals surface area contributed by atoms with Crippen molar-refractivity contribution in [2.45, 2.75) is 104 Å². The van der Waals surface area contributed by atoms with Crippen LogP contribution >= 0.6 is 0 Å². The Morgan fingerprint density at radius 3 is 2.43 bits per heavy atom. The molecule has 13 heteroatoms. The lowest BCUT2D eigenvalue weighted by atomic mass is 9.61. The Labute approximate surface area is 263 Å². The number of esters is 1. The quantitative estimate of drug-likeness (QED) is 0.193. The fraction of sp³-hybridized carbons (Fsp3) is 0.545. The average molecular weight is 641 g/mol. The molecule has 10 nitrogen and oxygen atoms in total. The van der Waals surface area contributed by atoms with Crippen molar-refractivity contribution in [2.24, 2.45) is 11.3 Å². The zero-order valence-electron chi connectivity index (χ0n) is 26.3. The molecule has 7 rings (SSSR count). The molecular formula is C33H39F3N6O4. The van der Waals surface area contributed by atoms with Crippen LogP contribution < -0.4 is 11.2 Å². The van der Waals surface area contributed by atoms with Gasteiger partial charge < -0.3 is 4.74 Å². The third-order valence-corrected chi connectivity index (χ3v) is 9.72. The number of ether oxygens (including phenoxy) is 1. The number of carbonyl (C=O) groups is 1. The van der Waals surface area contributed by atoms with Crippen LogP contribution in [0.3, 0.4) is 0 Å². The van der Waals surface area contributed by atoms with Gasteiger partial charge in [-0.2, -0.15) is 18.3 Å². The first-order valence-corrected chi connectivity index (χ1v) is 16.1. The first-order valence-electron chi connectivity index (χ1n) is 16.1. The minimum absolute atomic E-state index is 0.0584. The summed E-state index contributed by atoms with van der Waals surface area (Å²) in [5, 5.41) is 4.39. The highest BCUT2D eigenvalue weighted by molar-refractivity contribution is 5.79. The van der Waals surface area contributed by atoms with Crippen LogP contribution in [0.2, 0.25) is 0 Å². The summed E-state index contributed by atoms with van der Waals surface area (Å²) in [6.07, 6.45) is 4.03. The van der Waals surface area contributed by atoms with Gasteiger partial charge in [-0.15, -0.1) is 0 Å². The monoisotopic (exact) mass is 640 g/mol. The van der Waals surface area contributed by atoms with Crippen LogP contribution in [-0.4, -0.2) is 34.4 Å². The number of aryl methyl sites for hydroxylation is 1. The molecule has 0 aliphatic heterocycles. The maximum Gasteiger partial charge on any atom is 0.416 e. The largest absolute Gasteiger partial charge is 0.441 e. The average Bonchev–Trinajstić information content (AvgIpc) is 3.68. The molecule has 0 N–H and O–H groups in total. The molecule has 3 fully saturated rings. The lowest BCUT2D eigenvalue weighted by Crippen LogP contribution is -2.43. The molecule has 3 aliphatic carbocycles. The molecule has 3 heterocycles. The van der Waals surface area contributed by atoms with Gasteiger partial charge in [-0.05, 0) is 75.5 Å². The molecule has 0 radical (unpaired) electrons. The molecule has 2 bridgehead atoms. The summed E-state index contributed by atoms with van der Waals surface area (Å²) in [6, 6.07) is 5.04. The molecule has 0 spiro atoms. The predicted molar refractivity (Wildman–Crippen MR) is 165 cm³/mol. The predicted octanol–water partition coefficient (Wildman–Crippen LogP) is 6.14. The number of rotatable bonds is 10. The highest BCUT2D eigenvalue weighted by Gasteiger charge is 2.48. The summed E-state index contributed by atoms with van der Waals surface area (Å²) < 4.78 is 52.0. The molecule has 3 aromatic heterocycles. The van der Waals surface area contributed by atoms with Crippen molar-refractivity contribution in [2.75, 3.05) is 0 Å². The first kappa shape index (κ1) is 31.8. The molecule has 3 saturated carbocycles. The summed E-state index contributed by atoms with van der Waals surface area (Å²) in [5.41, 5.74) is -1.08. The Bertz CT molecular complexity index is 1860. The molecule has 1 unspecified atom stereocenters. The van der Waals surface area contributed by atoms with Gasteiger partial charge in [0.25, 0.3) is 5.56 Å². The van der Waals surface area contributed by atoms with Gasteiger partial charge >= 0.3 is 17.8 Å². The minimum Gasteiger partial charge on any atom is -0.441 e. The van der Waals surface area contributed by atoms with E-state index in [1.807, 2.05) is 13.8 Å². The Morgan fingerprint density at radius 2 is 1.80 bits per heavy atom. The van der Waals surface area contributed by atoms with E-state index in [4.69, 9.17) is 9.72 Å². The SMILES string of the molecule is CCCn1c(=O)c2c(nc(-c3cnn(Cc4cccc(C(F)(F)F)c4)c3)n2C(CC)OC(=O)C23CCC(CC2)CC3)n(CC)c1=O. The van der Waals surface area contributed by atoms with Gasteiger partial charge in [0, 0.05) is 25.7 Å². The van der Waals surface area contributed by atoms with Crippen LogP contribution in [0.4, 0.5) is 13.2 Å². The summed E-state index contributed by atoms with van der Waals surface area (Å²) in [7, 11) is 0. The number of alkyl halides is 3. The smallest absolute Gasteiger partial charge is 0.416 e. The van der Waals surface area contributed by atoms with Gasteiger partial charge in [-0.25, -0.2) is 9.78 Å². The third-order valence-electron chi connectivity index (χ3n) is 9.72. The molecule has 0 amide bonds. The van der Waals surface area contributed by atoms with E-state index in [0.29, 0.717) is 29.9 Å². The summed E-state index contributed by atoms with van der Waals surface area (Å²) >= 11 is 0. The molecule has 4 aromatic rings. The van der Waals surface area contributed by atoms with Crippen molar-refractivity contribution in [1.29, 1.82) is 0 Å². The van der Waals surface area contributed by atoms with Crippen LogP contribution in [0.5, 0.6) is 0 Å². The van der Waals surface area contributed by atoms with Crippen LogP contribution in [0.1, 0.15) is 89.5 Å². The number of benzene rings is 1. The van der Waals surface area contributed by atoms with E-state index in [-0.39, 0.29) is 42.6 Å². The molecular weight excluding hydrogens is 601 g/mol. The lowest BCUT2D eigenvalue weighted by molar-refractivity contribution is -0.173. The standard InChI is InChI=1S/C33H39F3N6O4/c1-4-16-41-29(43)26-28(40(6-3)31(41)45)38-27(23-18-37-39(20-23)19-22-8-7-9-24(17-22)33(34,35)36)42(26)25(5-2)46-30(44)32-13-10-21(11-14-32)12-15-32/h7-9,17-18,20-21,25H,4-6,10-16,19H2,1-3H3. The minimum atomic E-state index is -4.47. The fourth-order valence-corrected chi connectivity index (χ4v) is 7.17. The topological polar surface area (TPSA) is 106 Å². The highest BCUT2D eigenvalue weighted by atomic mass is 19.4. The van der Waals surface area contributed by atoms with Gasteiger partial charge in [0.2, 0.25) is 0 Å². The highest BCUT2D eigenvalue weighted by Crippen LogP contribution is 2.51. The lowest BCUT2D eigenvalue weighted by Gasteiger charge is -2.44. The normalized spacial score (nSPS) is 20.3. The number of halogens is 3. The summed E-state index contributed by atoms with van der Waals surface area (Å²) in [6.45, 7) is 6.06. The van der Waals surface area contributed by atoms with Crippen molar-refractivity contribution in [3.05, 3.63) is 68.6 Å². The third kappa shape index (κ3) is 5.57. The summed E-state index contributed by atoms with van der Waals surface area (Å²) in [5.74, 6) is 0.669. The summed E-state index contributed by atoms with van der Waals surface area (Å²) in [4.78, 5) is 46.1. The zero-order chi connectivity index (χ0) is 32.8. The van der Waals surface area contributed by atoms with Gasteiger partial charge in [-0.3, -0.25) is 28.0 Å². The number of imidazole rings is 1. The fourth-order valence-electron chi connectivity index (χ4n) is 7.17. The molecule has 246 valence electrons. The van der Waals surface area contributed by atoms with Crippen molar-refractivity contribution < 1.29 is 22.7 Å². The second kappa shape index (κ2) is 12.2. The number of nitrogens with zero attached hydrogens (tertiary/aromatic N) is 6. The van der Waals surface area contributed by atoms with Crippen molar-refractivity contribution in [3.63, 3.8) is 0 Å². The number of hydrogen-bond donors (Lipinski definition) is 0. The molecule has 0 saturated heterocycles. The molecule has 3 aliphatic rings. The van der Waals surface area contributed by atoms with Crippen LogP contribution in [0.25, 0.3) is 22.6 Å². The van der Waals surface area contributed by atoms with Crippen molar-refractivity contribution in [3.8, 4) is 11.4 Å². The van der Waals surface area contributed by atoms with E-state index in [2.05, 4.69) is 5.10 Å². The van der Waals surface area contributed by atoms with Crippen LogP contribution in [0, 0.1) is 11.3 Å². The van der Waals surface area contributed by atoms with E-state index < -0.39 is 34.6 Å². The van der Waals surface area contributed by atoms with Gasteiger partial charge in [-0.1, -0.05) is 26.0 Å². The van der Waals surface area contributed by atoms with Crippen molar-refractivity contribution in [1.82, 2.24) is 28.5 Å². The maximum atomic E-state index is 14.0. The molecule has 1 aromatic carbocycles. The Kier molecular flexibility index (Phi) is 8.45. The van der Waals surface area contributed by atoms with Gasteiger partial charge in [0.1, 0.15) is 5.82 Å². The van der Waals surface area contributed by atoms with E-state index in [9.17, 15) is 27.6 Å². The Morgan fingerprint density at radius 1 is 1.09 bits per heavy atom. The number of aromatic nitrogens is 6. The van der Waals surface area contributed by atoms with Gasteiger partial charge in [0.05, 0.1) is 29.3 Å². The van der Waals surface area contributed by atoms with E-state index in [0.717, 1.165) is 50.7 Å². The Balaban J connectivity index is 1.46. The zero-order valence-corrected chi connectivity index (χ0v) is 26.3. The van der Waals surface area contributed by atoms with E-state index in [1.54, 1.807) is 23.8 Å². The molecule has 1 atom stereocenters. The van der Waals surface area contributed by atoms with E-state index in [1.165, 1.54) is 26.1 Å². The Hall–Kier alpha value is -4.16. The number of hydrogen-bond acceptors (Lipinski definition) is 6. The second-order valence-corrected chi connectivity index (χ2v) is 12.6. The van der Waals surface area contributed by atoms with Crippen molar-refractivity contribution >= 4 is 17.1 Å². The van der Waals surface area contributed by atoms with Crippen LogP contribution in [-0.2, 0) is 35.3 Å². The number of fused-ring (bicyclic) bond motifs is 4. The first-order chi connectivity index (χ1) is 22.0. The van der Waals surface area contributed by atoms with Crippen LogP contribution in [0.15, 0.2) is 46.2 Å². The van der Waals surface area contributed by atoms with Gasteiger partial charge in [0.15, 0.2) is 17.4 Å². The van der Waals surface area contributed by atoms with E-state index >= 15 is 0 Å². The number of carbonyl (C=O) groups excluding carboxylic acids is 1. The molecule has 46 heavy (non-hydrogen) atoms. The second-order valence-electron chi connectivity index (χ2n) is 12.6. The maximum absolute atomic E-state index is 14.0.